The average Bonchev–Trinajstić information content (AvgIpc) is 2.98. The lowest BCUT2D eigenvalue weighted by Crippen LogP contribution is -2.11. The van der Waals surface area contributed by atoms with Gasteiger partial charge in [-0.1, -0.05) is 17.7 Å². The summed E-state index contributed by atoms with van der Waals surface area (Å²) >= 11 is 3.41. The van der Waals surface area contributed by atoms with Crippen LogP contribution in [-0.2, 0) is 7.05 Å². The minimum Gasteiger partial charge on any atom is -0.438 e. The van der Waals surface area contributed by atoms with Gasteiger partial charge in [0, 0.05) is 18.3 Å². The minimum atomic E-state index is -0.158. The van der Waals surface area contributed by atoms with Gasteiger partial charge in [-0.25, -0.2) is 14.6 Å². The Bertz CT molecular complexity index is 1170. The standard InChI is InChI=1S/C20H16BrN5O2/c1-12-4-3-5-13(10-12)19(27)24-14-6-8-15(9-7-14)28-20-16-17(21)25-26(2)18(16)22-11-23-20/h3-11H,1-2H3,(H,24,27). The molecule has 0 aliphatic carbocycles. The van der Waals surface area contributed by atoms with Gasteiger partial charge in [0.25, 0.3) is 5.91 Å². The molecule has 1 amide bonds. The normalized spacial score (nSPS) is 10.8. The molecule has 0 fully saturated rings. The molecule has 0 radical (unpaired) electrons. The summed E-state index contributed by atoms with van der Waals surface area (Å²) in [6, 6.07) is 14.5. The van der Waals surface area contributed by atoms with Crippen LogP contribution in [0, 0.1) is 6.92 Å². The third-order valence-electron chi connectivity index (χ3n) is 4.15. The molecule has 8 heteroatoms. The van der Waals surface area contributed by atoms with Crippen molar-refractivity contribution in [3.05, 3.63) is 70.6 Å². The van der Waals surface area contributed by atoms with Crippen molar-refractivity contribution in [2.45, 2.75) is 6.92 Å². The molecule has 0 spiro atoms. The Morgan fingerprint density at radius 3 is 2.68 bits per heavy atom. The van der Waals surface area contributed by atoms with Crippen LogP contribution in [0.5, 0.6) is 11.6 Å². The van der Waals surface area contributed by atoms with E-state index in [0.717, 1.165) is 5.56 Å². The summed E-state index contributed by atoms with van der Waals surface area (Å²) in [7, 11) is 1.80. The highest BCUT2D eigenvalue weighted by Crippen LogP contribution is 2.32. The average molecular weight is 438 g/mol. The Morgan fingerprint density at radius 2 is 1.93 bits per heavy atom. The van der Waals surface area contributed by atoms with Crippen molar-refractivity contribution in [2.75, 3.05) is 5.32 Å². The molecule has 2 heterocycles. The van der Waals surface area contributed by atoms with Crippen molar-refractivity contribution in [3.8, 4) is 11.6 Å². The summed E-state index contributed by atoms with van der Waals surface area (Å²) in [6.45, 7) is 1.95. The van der Waals surface area contributed by atoms with Gasteiger partial charge in [-0.05, 0) is 59.3 Å². The lowest BCUT2D eigenvalue weighted by Gasteiger charge is -2.08. The maximum absolute atomic E-state index is 12.4. The molecule has 0 atom stereocenters. The number of amides is 1. The van der Waals surface area contributed by atoms with Gasteiger partial charge in [0.15, 0.2) is 5.65 Å². The van der Waals surface area contributed by atoms with E-state index in [2.05, 4.69) is 36.3 Å². The predicted molar refractivity (Wildman–Crippen MR) is 110 cm³/mol. The van der Waals surface area contributed by atoms with Crippen molar-refractivity contribution in [2.24, 2.45) is 7.05 Å². The van der Waals surface area contributed by atoms with Gasteiger partial charge in [-0.2, -0.15) is 5.10 Å². The monoisotopic (exact) mass is 437 g/mol. The lowest BCUT2D eigenvalue weighted by molar-refractivity contribution is 0.102. The number of carbonyl (C=O) groups is 1. The van der Waals surface area contributed by atoms with Gasteiger partial charge in [-0.3, -0.25) is 4.79 Å². The zero-order valence-corrected chi connectivity index (χ0v) is 16.8. The molecule has 0 unspecified atom stereocenters. The van der Waals surface area contributed by atoms with E-state index in [-0.39, 0.29) is 5.91 Å². The summed E-state index contributed by atoms with van der Waals surface area (Å²) < 4.78 is 8.16. The molecule has 0 aliphatic heterocycles. The van der Waals surface area contributed by atoms with Crippen LogP contribution in [0.25, 0.3) is 11.0 Å². The second-order valence-electron chi connectivity index (χ2n) is 6.24. The van der Waals surface area contributed by atoms with Crippen LogP contribution in [0.1, 0.15) is 15.9 Å². The molecule has 0 saturated carbocycles. The van der Waals surface area contributed by atoms with Crippen molar-refractivity contribution in [1.29, 1.82) is 0 Å². The summed E-state index contributed by atoms with van der Waals surface area (Å²) in [5.41, 5.74) is 2.99. The van der Waals surface area contributed by atoms with Gasteiger partial charge in [-0.15, -0.1) is 0 Å². The number of aryl methyl sites for hydroxylation is 2. The van der Waals surface area contributed by atoms with E-state index in [1.54, 1.807) is 42.1 Å². The largest absolute Gasteiger partial charge is 0.438 e. The first-order valence-corrected chi connectivity index (χ1v) is 9.30. The van der Waals surface area contributed by atoms with E-state index < -0.39 is 0 Å². The Labute approximate surface area is 169 Å². The van der Waals surface area contributed by atoms with Crippen LogP contribution in [0.15, 0.2) is 59.5 Å². The van der Waals surface area contributed by atoms with Crippen LogP contribution in [-0.4, -0.2) is 25.7 Å². The summed E-state index contributed by atoms with van der Waals surface area (Å²) in [6.07, 6.45) is 1.43. The number of carbonyl (C=O) groups excluding carboxylic acids is 1. The number of hydrogen-bond donors (Lipinski definition) is 1. The fourth-order valence-corrected chi connectivity index (χ4v) is 3.39. The molecule has 0 saturated heterocycles. The van der Waals surface area contributed by atoms with Crippen molar-refractivity contribution in [1.82, 2.24) is 19.7 Å². The van der Waals surface area contributed by atoms with Gasteiger partial charge in [0.1, 0.15) is 22.1 Å². The van der Waals surface area contributed by atoms with E-state index in [0.29, 0.717) is 38.5 Å². The Kier molecular flexibility index (Phi) is 4.79. The first kappa shape index (κ1) is 18.1. The van der Waals surface area contributed by atoms with Gasteiger partial charge in [0.05, 0.1) is 0 Å². The second kappa shape index (κ2) is 7.40. The van der Waals surface area contributed by atoms with E-state index in [9.17, 15) is 4.79 Å². The molecule has 28 heavy (non-hydrogen) atoms. The van der Waals surface area contributed by atoms with E-state index in [1.165, 1.54) is 6.33 Å². The third kappa shape index (κ3) is 3.59. The van der Waals surface area contributed by atoms with Crippen LogP contribution in [0.2, 0.25) is 0 Å². The van der Waals surface area contributed by atoms with Crippen LogP contribution in [0.3, 0.4) is 0 Å². The highest BCUT2D eigenvalue weighted by atomic mass is 79.9. The van der Waals surface area contributed by atoms with Crippen molar-refractivity contribution < 1.29 is 9.53 Å². The molecule has 2 aromatic carbocycles. The minimum absolute atomic E-state index is 0.158. The van der Waals surface area contributed by atoms with Gasteiger partial charge < -0.3 is 10.1 Å². The zero-order chi connectivity index (χ0) is 19.7. The quantitative estimate of drug-likeness (QED) is 0.508. The molecule has 2 aromatic heterocycles. The van der Waals surface area contributed by atoms with Gasteiger partial charge >= 0.3 is 0 Å². The molecule has 4 aromatic rings. The molecule has 0 aliphatic rings. The maximum Gasteiger partial charge on any atom is 0.255 e. The Balaban J connectivity index is 1.52. The molecule has 140 valence electrons. The Hall–Kier alpha value is -3.26. The first-order chi connectivity index (χ1) is 13.5. The third-order valence-corrected chi connectivity index (χ3v) is 4.71. The number of ether oxygens (including phenoxy) is 1. The predicted octanol–water partition coefficient (Wildman–Crippen LogP) is 4.48. The molecular formula is C20H16BrN5O2. The van der Waals surface area contributed by atoms with Crippen LogP contribution >= 0.6 is 15.9 Å². The van der Waals surface area contributed by atoms with Crippen LogP contribution in [0.4, 0.5) is 5.69 Å². The number of nitrogens with zero attached hydrogens (tertiary/aromatic N) is 4. The number of benzene rings is 2. The molecule has 7 nitrogen and oxygen atoms in total. The number of halogens is 1. The fraction of sp³-hybridized carbons (Fsp3) is 0.100. The summed E-state index contributed by atoms with van der Waals surface area (Å²) in [4.78, 5) is 20.8. The highest BCUT2D eigenvalue weighted by molar-refractivity contribution is 9.10. The SMILES string of the molecule is Cc1cccc(C(=O)Nc2ccc(Oc3ncnc4c3c(Br)nn4C)cc2)c1. The van der Waals surface area contributed by atoms with E-state index in [4.69, 9.17) is 4.74 Å². The topological polar surface area (TPSA) is 81.9 Å². The van der Waals surface area contributed by atoms with Crippen LogP contribution < -0.4 is 10.1 Å². The van der Waals surface area contributed by atoms with E-state index >= 15 is 0 Å². The molecule has 1 N–H and O–H groups in total. The highest BCUT2D eigenvalue weighted by Gasteiger charge is 2.15. The number of rotatable bonds is 4. The first-order valence-electron chi connectivity index (χ1n) is 8.50. The lowest BCUT2D eigenvalue weighted by atomic mass is 10.1. The van der Waals surface area contributed by atoms with Crippen molar-refractivity contribution >= 4 is 38.6 Å². The number of anilines is 1. The molecule has 0 bridgehead atoms. The summed E-state index contributed by atoms with van der Waals surface area (Å²) in [5, 5.41) is 7.85. The number of fused-ring (bicyclic) bond motifs is 1. The smallest absolute Gasteiger partial charge is 0.255 e. The molecular weight excluding hydrogens is 422 g/mol. The van der Waals surface area contributed by atoms with E-state index in [1.807, 2.05) is 25.1 Å². The maximum atomic E-state index is 12.4. The number of hydrogen-bond acceptors (Lipinski definition) is 5. The number of aromatic nitrogens is 4. The number of nitrogens with one attached hydrogen (secondary N) is 1. The zero-order valence-electron chi connectivity index (χ0n) is 15.2. The van der Waals surface area contributed by atoms with Gasteiger partial charge in [0.2, 0.25) is 5.88 Å². The molecule has 4 rings (SSSR count). The second-order valence-corrected chi connectivity index (χ2v) is 6.99. The Morgan fingerprint density at radius 1 is 1.14 bits per heavy atom. The fourth-order valence-electron chi connectivity index (χ4n) is 2.80. The van der Waals surface area contributed by atoms with Crippen molar-refractivity contribution in [3.63, 3.8) is 0 Å². The summed E-state index contributed by atoms with van der Waals surface area (Å²) in [5.74, 6) is 0.833.